The summed E-state index contributed by atoms with van der Waals surface area (Å²) in [6.07, 6.45) is 6.63. The Morgan fingerprint density at radius 1 is 1.29 bits per heavy atom. The number of ether oxygens (including phenoxy) is 1. The smallest absolute Gasteiger partial charge is 0.303 e. The second-order valence-electron chi connectivity index (χ2n) is 9.12. The molecule has 0 heterocycles. The SMILES string of the molecule is CCCCC(c1cccc(COC)c1)C(O)/C=C/[C@H]1C(O)CC(=O)[C@@H]1CCSCCCC(=O)O. The van der Waals surface area contributed by atoms with Gasteiger partial charge in [-0.3, -0.25) is 9.59 Å². The molecule has 0 saturated heterocycles. The van der Waals surface area contributed by atoms with Gasteiger partial charge in [-0.05, 0) is 41.9 Å². The van der Waals surface area contributed by atoms with Crippen LogP contribution in [0.5, 0.6) is 0 Å². The lowest BCUT2D eigenvalue weighted by Crippen LogP contribution is -2.21. The number of carbonyl (C=O) groups excluding carboxylic acids is 1. The van der Waals surface area contributed by atoms with Gasteiger partial charge in [0, 0.05) is 37.7 Å². The number of unbranched alkanes of at least 4 members (excludes halogenated alkanes) is 1. The summed E-state index contributed by atoms with van der Waals surface area (Å²) in [5.74, 6) is 0.152. The van der Waals surface area contributed by atoms with Crippen molar-refractivity contribution in [2.75, 3.05) is 18.6 Å². The topological polar surface area (TPSA) is 104 Å². The third-order valence-corrected chi connectivity index (χ3v) is 7.59. The van der Waals surface area contributed by atoms with Crippen molar-refractivity contribution in [1.29, 1.82) is 0 Å². The van der Waals surface area contributed by atoms with E-state index in [2.05, 4.69) is 13.0 Å². The van der Waals surface area contributed by atoms with E-state index in [0.717, 1.165) is 41.9 Å². The first kappa shape index (κ1) is 28.6. The van der Waals surface area contributed by atoms with Gasteiger partial charge in [0.2, 0.25) is 0 Å². The molecule has 5 atom stereocenters. The van der Waals surface area contributed by atoms with Crippen molar-refractivity contribution in [1.82, 2.24) is 0 Å². The highest BCUT2D eigenvalue weighted by atomic mass is 32.2. The van der Waals surface area contributed by atoms with Crippen LogP contribution in [0.2, 0.25) is 0 Å². The van der Waals surface area contributed by atoms with Crippen LogP contribution in [0, 0.1) is 11.8 Å². The predicted molar refractivity (Wildman–Crippen MR) is 136 cm³/mol. The summed E-state index contributed by atoms with van der Waals surface area (Å²) in [7, 11) is 1.66. The standard InChI is InChI=1S/C27H40O6S/c1-3-4-9-21(20-8-5-7-19(16-20)18-33-2)24(28)12-11-22-23(26(30)17-25(22)29)13-15-34-14-6-10-27(31)32/h5,7-8,11-12,16,21-25,28-29H,3-4,6,9-10,13-15,17-18H2,1-2H3,(H,31,32)/b12-11+/t21?,22-,23-,24?,25?/m1/s1. The summed E-state index contributed by atoms with van der Waals surface area (Å²) in [4.78, 5) is 23.1. The van der Waals surface area contributed by atoms with E-state index in [4.69, 9.17) is 9.84 Å². The van der Waals surface area contributed by atoms with Gasteiger partial charge >= 0.3 is 5.97 Å². The molecule has 0 amide bonds. The third kappa shape index (κ3) is 9.17. The molecule has 0 bridgehead atoms. The summed E-state index contributed by atoms with van der Waals surface area (Å²) in [6, 6.07) is 8.12. The molecule has 3 unspecified atom stereocenters. The van der Waals surface area contributed by atoms with Gasteiger partial charge in [0.1, 0.15) is 5.78 Å². The highest BCUT2D eigenvalue weighted by molar-refractivity contribution is 7.99. The Morgan fingerprint density at radius 2 is 2.09 bits per heavy atom. The Balaban J connectivity index is 2.03. The number of thioether (sulfide) groups is 1. The molecule has 0 aromatic heterocycles. The van der Waals surface area contributed by atoms with E-state index in [1.807, 2.05) is 24.3 Å². The van der Waals surface area contributed by atoms with Gasteiger partial charge in [-0.25, -0.2) is 0 Å². The molecule has 1 aromatic rings. The third-order valence-electron chi connectivity index (χ3n) is 6.49. The summed E-state index contributed by atoms with van der Waals surface area (Å²) in [5.41, 5.74) is 2.13. The van der Waals surface area contributed by atoms with Crippen molar-refractivity contribution >= 4 is 23.5 Å². The lowest BCUT2D eigenvalue weighted by atomic mass is 9.86. The molecule has 1 aliphatic rings. The summed E-state index contributed by atoms with van der Waals surface area (Å²) in [5, 5.41) is 30.3. The van der Waals surface area contributed by atoms with Crippen LogP contribution in [0.4, 0.5) is 0 Å². The molecule has 2 rings (SSSR count). The summed E-state index contributed by atoms with van der Waals surface area (Å²) < 4.78 is 5.25. The van der Waals surface area contributed by atoms with E-state index in [1.54, 1.807) is 24.9 Å². The average molecular weight is 493 g/mol. The Kier molecular flexibility index (Phi) is 12.9. The van der Waals surface area contributed by atoms with Crippen molar-refractivity contribution in [2.45, 2.75) is 76.6 Å². The Bertz CT molecular complexity index is 795. The van der Waals surface area contributed by atoms with E-state index >= 15 is 0 Å². The molecule has 6 nitrogen and oxygen atoms in total. The van der Waals surface area contributed by atoms with Crippen LogP contribution in [-0.4, -0.2) is 57.9 Å². The number of aliphatic hydroxyl groups is 2. The molecule has 0 aliphatic heterocycles. The van der Waals surface area contributed by atoms with Gasteiger partial charge in [0.15, 0.2) is 0 Å². The van der Waals surface area contributed by atoms with Crippen LogP contribution in [0.1, 0.15) is 68.9 Å². The van der Waals surface area contributed by atoms with Gasteiger partial charge < -0.3 is 20.1 Å². The molecule has 0 radical (unpaired) electrons. The maximum absolute atomic E-state index is 12.5. The monoisotopic (exact) mass is 492 g/mol. The summed E-state index contributed by atoms with van der Waals surface area (Å²) in [6.45, 7) is 2.65. The largest absolute Gasteiger partial charge is 0.481 e. The average Bonchev–Trinajstić information content (AvgIpc) is 3.07. The number of carbonyl (C=O) groups is 2. The maximum Gasteiger partial charge on any atom is 0.303 e. The quantitative estimate of drug-likeness (QED) is 0.229. The molecular weight excluding hydrogens is 452 g/mol. The van der Waals surface area contributed by atoms with Crippen LogP contribution >= 0.6 is 11.8 Å². The van der Waals surface area contributed by atoms with Crippen molar-refractivity contribution < 1.29 is 29.6 Å². The number of carboxylic acids is 1. The van der Waals surface area contributed by atoms with Gasteiger partial charge in [0.25, 0.3) is 0 Å². The van der Waals surface area contributed by atoms with Gasteiger partial charge in [-0.2, -0.15) is 11.8 Å². The number of rotatable bonds is 16. The van der Waals surface area contributed by atoms with Crippen LogP contribution in [0.25, 0.3) is 0 Å². The minimum Gasteiger partial charge on any atom is -0.481 e. The van der Waals surface area contributed by atoms with Crippen LogP contribution in [0.15, 0.2) is 36.4 Å². The zero-order valence-electron chi connectivity index (χ0n) is 20.4. The van der Waals surface area contributed by atoms with Gasteiger partial charge in [-0.15, -0.1) is 0 Å². The van der Waals surface area contributed by atoms with Gasteiger partial charge in [0.05, 0.1) is 18.8 Å². The molecule has 1 aromatic carbocycles. The molecule has 190 valence electrons. The van der Waals surface area contributed by atoms with E-state index < -0.39 is 18.2 Å². The molecule has 0 spiro atoms. The van der Waals surface area contributed by atoms with E-state index in [-0.39, 0.29) is 36.4 Å². The highest BCUT2D eigenvalue weighted by Gasteiger charge is 2.39. The molecule has 1 saturated carbocycles. The van der Waals surface area contributed by atoms with Crippen molar-refractivity contribution in [3.05, 3.63) is 47.5 Å². The normalized spacial score (nSPS) is 22.4. The number of aliphatic carboxylic acids is 1. The molecule has 1 aliphatic carbocycles. The molecule has 3 N–H and O–H groups in total. The number of Topliss-reactive ketones (excluding diaryl/α,β-unsaturated/α-hetero) is 1. The van der Waals surface area contributed by atoms with E-state index in [0.29, 0.717) is 19.4 Å². The second kappa shape index (κ2) is 15.4. The maximum atomic E-state index is 12.5. The zero-order chi connectivity index (χ0) is 24.9. The van der Waals surface area contributed by atoms with Crippen molar-refractivity contribution in [3.8, 4) is 0 Å². The molecule has 1 fully saturated rings. The fraction of sp³-hybridized carbons (Fsp3) is 0.630. The minimum absolute atomic E-state index is 0.0644. The van der Waals surface area contributed by atoms with E-state index in [1.165, 1.54) is 0 Å². The number of hydrogen-bond donors (Lipinski definition) is 3. The van der Waals surface area contributed by atoms with Crippen LogP contribution in [-0.2, 0) is 20.9 Å². The minimum atomic E-state index is -0.791. The first-order valence-electron chi connectivity index (χ1n) is 12.3. The second-order valence-corrected chi connectivity index (χ2v) is 10.3. The van der Waals surface area contributed by atoms with E-state index in [9.17, 15) is 19.8 Å². The first-order valence-corrected chi connectivity index (χ1v) is 13.5. The fourth-order valence-electron chi connectivity index (χ4n) is 4.65. The molecule has 7 heteroatoms. The first-order chi connectivity index (χ1) is 16.4. The lowest BCUT2D eigenvalue weighted by Gasteiger charge is -2.23. The lowest BCUT2D eigenvalue weighted by molar-refractivity contribution is -0.137. The highest BCUT2D eigenvalue weighted by Crippen LogP contribution is 2.35. The number of ketones is 1. The Labute approximate surface area is 207 Å². The van der Waals surface area contributed by atoms with Gasteiger partial charge in [-0.1, -0.05) is 56.2 Å². The fourth-order valence-corrected chi connectivity index (χ4v) is 5.62. The molecule has 34 heavy (non-hydrogen) atoms. The predicted octanol–water partition coefficient (Wildman–Crippen LogP) is 4.58. The number of benzene rings is 1. The Morgan fingerprint density at radius 3 is 2.79 bits per heavy atom. The van der Waals surface area contributed by atoms with Crippen LogP contribution < -0.4 is 0 Å². The Hall–Kier alpha value is -1.67. The number of aliphatic hydroxyl groups excluding tert-OH is 2. The van der Waals surface area contributed by atoms with Crippen molar-refractivity contribution in [2.24, 2.45) is 11.8 Å². The molecular formula is C27H40O6S. The summed E-state index contributed by atoms with van der Waals surface area (Å²) >= 11 is 1.65. The van der Waals surface area contributed by atoms with Crippen LogP contribution in [0.3, 0.4) is 0 Å². The van der Waals surface area contributed by atoms with Crippen molar-refractivity contribution in [3.63, 3.8) is 0 Å². The number of carboxylic acid groups (broad SMARTS) is 1. The number of methoxy groups -OCH3 is 1. The number of hydrogen-bond acceptors (Lipinski definition) is 6. The zero-order valence-corrected chi connectivity index (χ0v) is 21.2.